The largest absolute Gasteiger partial charge is 0.363 e. The Morgan fingerprint density at radius 2 is 1.90 bits per heavy atom. The summed E-state index contributed by atoms with van der Waals surface area (Å²) >= 11 is 0. The second-order valence-corrected chi connectivity index (χ2v) is 9.04. The standard InChI is InChI=1S/C25H26N10O4/c1-14(2)29-24-25(37)34(13-22(36)27-11-16-4-6-17(7-5-16)15(3)26)21(12-28-24)18-8-19(23-30-32-33-31-23)10-20(9-18)35(38)39/h4-10,12,14,26H,11,13H2,1-3H3,(H,27,36)(H,28,29)(H,30,31,32,33). The quantitative estimate of drug-likeness (QED) is 0.135. The zero-order valence-corrected chi connectivity index (χ0v) is 21.4. The monoisotopic (exact) mass is 530 g/mol. The Balaban J connectivity index is 1.70. The third-order valence-electron chi connectivity index (χ3n) is 5.69. The summed E-state index contributed by atoms with van der Waals surface area (Å²) in [5.41, 5.74) is 1.98. The summed E-state index contributed by atoms with van der Waals surface area (Å²) in [4.78, 5) is 41.7. The number of nitrogens with zero attached hydrogens (tertiary/aromatic N) is 6. The van der Waals surface area contributed by atoms with Crippen LogP contribution in [0.2, 0.25) is 0 Å². The molecular formula is C25H26N10O4. The van der Waals surface area contributed by atoms with Crippen LogP contribution >= 0.6 is 0 Å². The number of amides is 1. The first-order valence-electron chi connectivity index (χ1n) is 11.9. The second-order valence-electron chi connectivity index (χ2n) is 9.04. The highest BCUT2D eigenvalue weighted by molar-refractivity contribution is 5.96. The van der Waals surface area contributed by atoms with E-state index in [0.717, 1.165) is 11.1 Å². The molecule has 0 fully saturated rings. The number of hydrogen-bond donors (Lipinski definition) is 4. The zero-order valence-electron chi connectivity index (χ0n) is 21.4. The van der Waals surface area contributed by atoms with Gasteiger partial charge in [0, 0.05) is 41.6 Å². The molecule has 0 saturated carbocycles. The van der Waals surface area contributed by atoms with Crippen molar-refractivity contribution in [1.82, 2.24) is 35.5 Å². The number of H-pyrrole nitrogens is 1. The van der Waals surface area contributed by atoms with Crippen LogP contribution in [0.4, 0.5) is 11.5 Å². The molecule has 4 aromatic rings. The van der Waals surface area contributed by atoms with Crippen molar-refractivity contribution in [2.45, 2.75) is 39.9 Å². The second kappa shape index (κ2) is 11.4. The summed E-state index contributed by atoms with van der Waals surface area (Å²) in [6.45, 7) is 5.22. The van der Waals surface area contributed by atoms with Crippen molar-refractivity contribution in [3.8, 4) is 22.6 Å². The van der Waals surface area contributed by atoms with Crippen LogP contribution in [0.15, 0.2) is 53.5 Å². The Morgan fingerprint density at radius 3 is 2.51 bits per heavy atom. The van der Waals surface area contributed by atoms with E-state index >= 15 is 0 Å². The van der Waals surface area contributed by atoms with E-state index in [2.05, 4.69) is 36.2 Å². The van der Waals surface area contributed by atoms with Gasteiger partial charge in [-0.1, -0.05) is 24.3 Å². The van der Waals surface area contributed by atoms with E-state index in [4.69, 9.17) is 5.41 Å². The average molecular weight is 531 g/mol. The zero-order chi connectivity index (χ0) is 28.1. The summed E-state index contributed by atoms with van der Waals surface area (Å²) in [7, 11) is 0. The molecule has 0 aliphatic carbocycles. The van der Waals surface area contributed by atoms with Gasteiger partial charge >= 0.3 is 0 Å². The molecule has 2 heterocycles. The van der Waals surface area contributed by atoms with E-state index in [9.17, 15) is 19.7 Å². The number of carbonyl (C=O) groups excluding carboxylic acids is 1. The third kappa shape index (κ3) is 6.36. The minimum atomic E-state index is -0.574. The molecule has 0 aliphatic heterocycles. The number of non-ortho nitro benzene ring substituents is 1. The lowest BCUT2D eigenvalue weighted by molar-refractivity contribution is -0.384. The smallest absolute Gasteiger partial charge is 0.294 e. The Morgan fingerprint density at radius 1 is 1.18 bits per heavy atom. The molecule has 0 spiro atoms. The third-order valence-corrected chi connectivity index (χ3v) is 5.69. The Labute approximate surface area is 222 Å². The predicted octanol–water partition coefficient (Wildman–Crippen LogP) is 2.52. The predicted molar refractivity (Wildman–Crippen MR) is 143 cm³/mol. The summed E-state index contributed by atoms with van der Waals surface area (Å²) in [6.07, 6.45) is 1.39. The fourth-order valence-electron chi connectivity index (χ4n) is 3.80. The number of nitro groups is 1. The van der Waals surface area contributed by atoms with E-state index in [1.807, 2.05) is 26.0 Å². The van der Waals surface area contributed by atoms with Gasteiger partial charge in [0.15, 0.2) is 5.82 Å². The normalized spacial score (nSPS) is 10.9. The molecule has 14 heteroatoms. The van der Waals surface area contributed by atoms with Crippen LogP contribution in [-0.2, 0) is 17.9 Å². The number of rotatable bonds is 10. The molecule has 39 heavy (non-hydrogen) atoms. The van der Waals surface area contributed by atoms with E-state index in [1.54, 1.807) is 25.1 Å². The number of aromatic nitrogens is 6. The van der Waals surface area contributed by atoms with Gasteiger partial charge in [-0.2, -0.15) is 5.21 Å². The van der Waals surface area contributed by atoms with Crippen molar-refractivity contribution in [3.63, 3.8) is 0 Å². The Kier molecular flexibility index (Phi) is 7.84. The van der Waals surface area contributed by atoms with Gasteiger partial charge in [-0.25, -0.2) is 4.98 Å². The first kappa shape index (κ1) is 26.8. The Hall–Kier alpha value is -5.27. The van der Waals surface area contributed by atoms with Gasteiger partial charge in [-0.3, -0.25) is 24.3 Å². The van der Waals surface area contributed by atoms with Crippen molar-refractivity contribution in [2.75, 3.05) is 5.32 Å². The van der Waals surface area contributed by atoms with Crippen LogP contribution in [0.1, 0.15) is 31.9 Å². The van der Waals surface area contributed by atoms with Crippen LogP contribution in [0.5, 0.6) is 0 Å². The molecule has 0 aliphatic rings. The number of tetrazole rings is 1. The number of nitrogens with one attached hydrogen (secondary N) is 4. The topological polar surface area (TPSA) is 197 Å². The van der Waals surface area contributed by atoms with Crippen molar-refractivity contribution in [3.05, 3.63) is 80.3 Å². The van der Waals surface area contributed by atoms with Crippen LogP contribution in [-0.4, -0.2) is 52.8 Å². The van der Waals surface area contributed by atoms with Crippen LogP contribution in [0.3, 0.4) is 0 Å². The summed E-state index contributed by atoms with van der Waals surface area (Å²) in [5.74, 6) is -0.277. The fraction of sp³-hybridized carbons (Fsp3) is 0.240. The number of hydrogen-bond acceptors (Lipinski definition) is 10. The SMILES string of the molecule is CC(=N)c1ccc(CNC(=O)Cn2c(-c3cc(-c4nn[nH]n4)cc([N+](=O)[O-])c3)cnc(NC(C)C)c2=O)cc1. The van der Waals surface area contributed by atoms with Gasteiger partial charge in [-0.05, 0) is 43.2 Å². The maximum absolute atomic E-state index is 13.4. The van der Waals surface area contributed by atoms with Gasteiger partial charge in [0.25, 0.3) is 11.2 Å². The summed E-state index contributed by atoms with van der Waals surface area (Å²) < 4.78 is 1.22. The van der Waals surface area contributed by atoms with Crippen molar-refractivity contribution in [1.29, 1.82) is 5.41 Å². The first-order chi connectivity index (χ1) is 18.6. The minimum absolute atomic E-state index is 0.0444. The van der Waals surface area contributed by atoms with Gasteiger partial charge in [0.2, 0.25) is 11.7 Å². The maximum Gasteiger partial charge on any atom is 0.294 e. The summed E-state index contributed by atoms with van der Waals surface area (Å²) in [6, 6.07) is 11.2. The Bertz CT molecular complexity index is 1580. The molecule has 14 nitrogen and oxygen atoms in total. The molecule has 4 rings (SSSR count). The molecule has 0 unspecified atom stereocenters. The van der Waals surface area contributed by atoms with Gasteiger partial charge in [0.05, 0.1) is 16.8 Å². The van der Waals surface area contributed by atoms with Gasteiger partial charge in [-0.15, -0.1) is 10.2 Å². The lowest BCUT2D eigenvalue weighted by atomic mass is 10.1. The first-order valence-corrected chi connectivity index (χ1v) is 11.9. The highest BCUT2D eigenvalue weighted by atomic mass is 16.6. The molecule has 0 bridgehead atoms. The lowest BCUT2D eigenvalue weighted by Crippen LogP contribution is -2.35. The number of carbonyl (C=O) groups is 1. The fourth-order valence-corrected chi connectivity index (χ4v) is 3.80. The van der Waals surface area contributed by atoms with Crippen molar-refractivity contribution >= 4 is 23.1 Å². The number of anilines is 1. The molecule has 4 N–H and O–H groups in total. The number of aromatic amines is 1. The van der Waals surface area contributed by atoms with Crippen LogP contribution in [0, 0.1) is 15.5 Å². The molecule has 0 atom stereocenters. The van der Waals surface area contributed by atoms with E-state index in [-0.39, 0.29) is 47.7 Å². The van der Waals surface area contributed by atoms with Crippen LogP contribution < -0.4 is 16.2 Å². The number of nitro benzene ring substituents is 1. The van der Waals surface area contributed by atoms with Crippen molar-refractivity contribution < 1.29 is 9.72 Å². The molecule has 0 saturated heterocycles. The molecule has 2 aromatic carbocycles. The average Bonchev–Trinajstić information content (AvgIpc) is 3.45. The minimum Gasteiger partial charge on any atom is -0.363 e. The molecule has 2 aromatic heterocycles. The van der Waals surface area contributed by atoms with E-state index < -0.39 is 16.4 Å². The van der Waals surface area contributed by atoms with Crippen LogP contribution in [0.25, 0.3) is 22.6 Å². The maximum atomic E-state index is 13.4. The lowest BCUT2D eigenvalue weighted by Gasteiger charge is -2.16. The van der Waals surface area contributed by atoms with E-state index in [0.29, 0.717) is 11.3 Å². The molecule has 200 valence electrons. The van der Waals surface area contributed by atoms with Gasteiger partial charge in [0.1, 0.15) is 6.54 Å². The highest BCUT2D eigenvalue weighted by Gasteiger charge is 2.20. The molecular weight excluding hydrogens is 504 g/mol. The highest BCUT2D eigenvalue weighted by Crippen LogP contribution is 2.29. The van der Waals surface area contributed by atoms with Gasteiger partial charge < -0.3 is 16.0 Å². The number of benzene rings is 2. The molecule has 1 amide bonds. The molecule has 0 radical (unpaired) electrons. The summed E-state index contributed by atoms with van der Waals surface area (Å²) in [5, 5.41) is 38.7. The van der Waals surface area contributed by atoms with E-state index in [1.165, 1.54) is 22.9 Å². The van der Waals surface area contributed by atoms with Crippen molar-refractivity contribution in [2.24, 2.45) is 0 Å².